The highest BCUT2D eigenvalue weighted by atomic mass is 16.4. The normalized spacial score (nSPS) is 12.5. The summed E-state index contributed by atoms with van der Waals surface area (Å²) in [6, 6.07) is 0.207. The van der Waals surface area contributed by atoms with Gasteiger partial charge >= 0.3 is 6.01 Å². The molecule has 1 unspecified atom stereocenters. The molecule has 0 saturated carbocycles. The van der Waals surface area contributed by atoms with E-state index in [9.17, 15) is 4.79 Å². The topological polar surface area (TPSA) is 75.4 Å². The van der Waals surface area contributed by atoms with Gasteiger partial charge in [-0.1, -0.05) is 0 Å². The van der Waals surface area contributed by atoms with Crippen molar-refractivity contribution >= 4 is 11.9 Å². The molecule has 0 radical (unpaired) electrons. The van der Waals surface area contributed by atoms with Crippen LogP contribution < -0.4 is 5.32 Å². The van der Waals surface area contributed by atoms with E-state index in [1.807, 2.05) is 0 Å². The average Bonchev–Trinajstić information content (AvgIpc) is 2.48. The van der Waals surface area contributed by atoms with Crippen LogP contribution >= 0.6 is 0 Å². The Morgan fingerprint density at radius 3 is 3.00 bits per heavy atom. The lowest BCUT2D eigenvalue weighted by atomic mass is 10.2. The summed E-state index contributed by atoms with van der Waals surface area (Å²) in [7, 11) is 0. The number of aryl methyl sites for hydroxylation is 1. The van der Waals surface area contributed by atoms with Crippen LogP contribution in [0.4, 0.5) is 6.01 Å². The van der Waals surface area contributed by atoms with E-state index in [2.05, 4.69) is 10.3 Å². The number of hydrogen-bond acceptors (Lipinski definition) is 4. The van der Waals surface area contributed by atoms with Crippen LogP contribution in [-0.2, 0) is 4.79 Å². The van der Waals surface area contributed by atoms with Crippen molar-refractivity contribution in [3.05, 3.63) is 12.0 Å². The van der Waals surface area contributed by atoms with Crippen LogP contribution in [0.2, 0.25) is 0 Å². The first-order valence-corrected chi connectivity index (χ1v) is 4.48. The Bertz CT molecular complexity index is 307. The van der Waals surface area contributed by atoms with Crippen LogP contribution in [0.15, 0.2) is 10.7 Å². The van der Waals surface area contributed by atoms with Gasteiger partial charge in [-0.05, 0) is 20.3 Å². The maximum Gasteiger partial charge on any atom is 0.301 e. The van der Waals surface area contributed by atoms with Crippen LogP contribution in [0.25, 0.3) is 0 Å². The number of rotatable bonds is 4. The number of amides is 1. The molecule has 1 atom stereocenters. The minimum Gasteiger partial charge on any atom is -0.432 e. The molecule has 5 nitrogen and oxygen atoms in total. The van der Waals surface area contributed by atoms with Crippen molar-refractivity contribution < 1.29 is 14.3 Å². The van der Waals surface area contributed by atoms with Gasteiger partial charge in [-0.3, -0.25) is 10.1 Å². The summed E-state index contributed by atoms with van der Waals surface area (Å²) in [6.45, 7) is 3.41. The molecule has 0 saturated heterocycles. The Kier molecular flexibility index (Phi) is 3.64. The number of nitrogens with one attached hydrogen (secondary N) is 1. The van der Waals surface area contributed by atoms with Crippen molar-refractivity contribution in [1.29, 1.82) is 0 Å². The number of hydrogen-bond donors (Lipinski definition) is 2. The summed E-state index contributed by atoms with van der Waals surface area (Å²) < 4.78 is 4.94. The molecule has 0 aliphatic carbocycles. The molecule has 5 heteroatoms. The van der Waals surface area contributed by atoms with E-state index >= 15 is 0 Å². The highest BCUT2D eigenvalue weighted by Crippen LogP contribution is 2.07. The monoisotopic (exact) mass is 198 g/mol. The zero-order valence-electron chi connectivity index (χ0n) is 8.28. The maximum atomic E-state index is 11.2. The van der Waals surface area contributed by atoms with E-state index < -0.39 is 6.10 Å². The number of nitrogens with zero attached hydrogens (tertiary/aromatic N) is 1. The second kappa shape index (κ2) is 4.76. The molecule has 1 heterocycles. The van der Waals surface area contributed by atoms with Gasteiger partial charge in [0.05, 0.1) is 11.8 Å². The molecule has 14 heavy (non-hydrogen) atoms. The molecule has 0 bridgehead atoms. The molecule has 1 aromatic rings. The van der Waals surface area contributed by atoms with Gasteiger partial charge in [0.25, 0.3) is 0 Å². The standard InChI is InChI=1S/C9H14N2O3/c1-6-5-14-9(10-6)11-8(13)4-3-7(2)12/h5,7,12H,3-4H2,1-2H3,(H,10,11,13). The summed E-state index contributed by atoms with van der Waals surface area (Å²) in [6.07, 6.45) is 1.70. The van der Waals surface area contributed by atoms with Gasteiger partial charge in [-0.25, -0.2) is 0 Å². The van der Waals surface area contributed by atoms with Gasteiger partial charge in [0, 0.05) is 6.42 Å². The predicted molar refractivity (Wildman–Crippen MR) is 50.8 cm³/mol. The van der Waals surface area contributed by atoms with Crippen molar-refractivity contribution in [2.45, 2.75) is 32.8 Å². The van der Waals surface area contributed by atoms with Crippen molar-refractivity contribution in [3.63, 3.8) is 0 Å². The van der Waals surface area contributed by atoms with E-state index in [1.165, 1.54) is 6.26 Å². The van der Waals surface area contributed by atoms with Gasteiger partial charge in [-0.2, -0.15) is 4.98 Å². The zero-order chi connectivity index (χ0) is 10.6. The lowest BCUT2D eigenvalue weighted by molar-refractivity contribution is -0.116. The first kappa shape index (κ1) is 10.7. The third-order valence-corrected chi connectivity index (χ3v) is 1.65. The molecule has 0 spiro atoms. The molecule has 1 amide bonds. The van der Waals surface area contributed by atoms with E-state index in [1.54, 1.807) is 13.8 Å². The quantitative estimate of drug-likeness (QED) is 0.759. The Morgan fingerprint density at radius 2 is 2.50 bits per heavy atom. The smallest absolute Gasteiger partial charge is 0.301 e. The number of carbonyl (C=O) groups excluding carboxylic acids is 1. The average molecular weight is 198 g/mol. The molecule has 78 valence electrons. The van der Waals surface area contributed by atoms with Gasteiger partial charge in [0.2, 0.25) is 5.91 Å². The largest absolute Gasteiger partial charge is 0.432 e. The van der Waals surface area contributed by atoms with Gasteiger partial charge in [0.15, 0.2) is 0 Å². The Labute approximate surface area is 82.1 Å². The predicted octanol–water partition coefficient (Wildman–Crippen LogP) is 1.08. The zero-order valence-corrected chi connectivity index (χ0v) is 8.28. The van der Waals surface area contributed by atoms with Crippen LogP contribution in [0.1, 0.15) is 25.5 Å². The molecule has 1 aromatic heterocycles. The lowest BCUT2D eigenvalue weighted by Gasteiger charge is -2.02. The third-order valence-electron chi connectivity index (χ3n) is 1.65. The summed E-state index contributed by atoms with van der Waals surface area (Å²) in [4.78, 5) is 15.1. The second-order valence-electron chi connectivity index (χ2n) is 3.23. The minimum atomic E-state index is -0.466. The second-order valence-corrected chi connectivity index (χ2v) is 3.23. The van der Waals surface area contributed by atoms with E-state index in [-0.39, 0.29) is 18.3 Å². The maximum absolute atomic E-state index is 11.2. The number of carbonyl (C=O) groups is 1. The fraction of sp³-hybridized carbons (Fsp3) is 0.556. The Balaban J connectivity index is 2.34. The van der Waals surface area contributed by atoms with Crippen LogP contribution in [0.3, 0.4) is 0 Å². The summed E-state index contributed by atoms with van der Waals surface area (Å²) in [5.74, 6) is -0.201. The molecule has 0 aliphatic heterocycles. The number of aliphatic hydroxyl groups is 1. The Hall–Kier alpha value is -1.36. The van der Waals surface area contributed by atoms with Crippen molar-refractivity contribution in [2.24, 2.45) is 0 Å². The first-order valence-electron chi connectivity index (χ1n) is 4.48. The molecule has 0 fully saturated rings. The van der Waals surface area contributed by atoms with Crippen LogP contribution in [-0.4, -0.2) is 22.1 Å². The summed E-state index contributed by atoms with van der Waals surface area (Å²) in [5.41, 5.74) is 0.718. The van der Waals surface area contributed by atoms with Crippen LogP contribution in [0.5, 0.6) is 0 Å². The summed E-state index contributed by atoms with van der Waals surface area (Å²) in [5, 5.41) is 11.4. The van der Waals surface area contributed by atoms with Crippen LogP contribution in [0, 0.1) is 6.92 Å². The fourth-order valence-corrected chi connectivity index (χ4v) is 0.933. The van der Waals surface area contributed by atoms with Crippen molar-refractivity contribution in [1.82, 2.24) is 4.98 Å². The first-order chi connectivity index (χ1) is 6.58. The highest BCUT2D eigenvalue weighted by molar-refractivity contribution is 5.88. The highest BCUT2D eigenvalue weighted by Gasteiger charge is 2.07. The Morgan fingerprint density at radius 1 is 1.79 bits per heavy atom. The van der Waals surface area contributed by atoms with Gasteiger partial charge in [0.1, 0.15) is 6.26 Å². The molecule has 1 rings (SSSR count). The minimum absolute atomic E-state index is 0.201. The number of aliphatic hydroxyl groups excluding tert-OH is 1. The van der Waals surface area contributed by atoms with Crippen molar-refractivity contribution in [2.75, 3.05) is 5.32 Å². The SMILES string of the molecule is Cc1coc(NC(=O)CCC(C)O)n1. The molecule has 0 aliphatic rings. The molecular weight excluding hydrogens is 184 g/mol. The molecule has 2 N–H and O–H groups in total. The van der Waals surface area contributed by atoms with Gasteiger partial charge < -0.3 is 9.52 Å². The third kappa shape index (κ3) is 3.57. The lowest BCUT2D eigenvalue weighted by Crippen LogP contribution is -2.14. The van der Waals surface area contributed by atoms with Crippen molar-refractivity contribution in [3.8, 4) is 0 Å². The molecule has 0 aromatic carbocycles. The number of oxazole rings is 1. The van der Waals surface area contributed by atoms with E-state index in [4.69, 9.17) is 9.52 Å². The fourth-order valence-electron chi connectivity index (χ4n) is 0.933. The number of aromatic nitrogens is 1. The summed E-state index contributed by atoms with van der Waals surface area (Å²) >= 11 is 0. The van der Waals surface area contributed by atoms with E-state index in [0.29, 0.717) is 6.42 Å². The van der Waals surface area contributed by atoms with Gasteiger partial charge in [-0.15, -0.1) is 0 Å². The number of anilines is 1. The molecular formula is C9H14N2O3. The van der Waals surface area contributed by atoms with E-state index in [0.717, 1.165) is 5.69 Å².